The molecule has 0 aromatic heterocycles. The zero-order valence-electron chi connectivity index (χ0n) is 10.5. The van der Waals surface area contributed by atoms with Crippen LogP contribution in [0.15, 0.2) is 29.2 Å². The lowest BCUT2D eigenvalue weighted by atomic mass is 10.0. The highest BCUT2D eigenvalue weighted by Crippen LogP contribution is 2.50. The minimum absolute atomic E-state index is 0.0838. The summed E-state index contributed by atoms with van der Waals surface area (Å²) < 4.78 is 25.8. The van der Waals surface area contributed by atoms with Gasteiger partial charge in [0.05, 0.1) is 5.56 Å². The molecule has 1 aliphatic heterocycles. The van der Waals surface area contributed by atoms with Crippen molar-refractivity contribution < 1.29 is 13.2 Å². The quantitative estimate of drug-likeness (QED) is 0.890. The van der Waals surface area contributed by atoms with Crippen LogP contribution in [0.2, 0.25) is 0 Å². The fourth-order valence-electron chi connectivity index (χ4n) is 2.66. The number of rotatable bonds is 4. The molecule has 0 radical (unpaired) electrons. The van der Waals surface area contributed by atoms with Crippen LogP contribution in [0.25, 0.3) is 0 Å². The zero-order chi connectivity index (χ0) is 13.7. The highest BCUT2D eigenvalue weighted by Gasteiger charge is 2.50. The summed E-state index contributed by atoms with van der Waals surface area (Å²) in [6.07, 6.45) is 2.66. The van der Waals surface area contributed by atoms with Crippen LogP contribution in [0, 0.1) is 5.41 Å². The Bertz CT molecular complexity index is 635. The lowest BCUT2D eigenvalue weighted by Crippen LogP contribution is -2.36. The maximum Gasteiger partial charge on any atom is 0.269 e. The van der Waals surface area contributed by atoms with Crippen molar-refractivity contribution in [3.63, 3.8) is 0 Å². The number of amides is 1. The summed E-state index contributed by atoms with van der Waals surface area (Å²) in [5.41, 5.74) is 5.76. The Labute approximate surface area is 112 Å². The summed E-state index contributed by atoms with van der Waals surface area (Å²) in [6.45, 7) is 0.787. The van der Waals surface area contributed by atoms with E-state index in [2.05, 4.69) is 0 Å². The number of benzene rings is 1. The topological polar surface area (TPSA) is 80.5 Å². The number of sulfonamides is 1. The van der Waals surface area contributed by atoms with E-state index in [9.17, 15) is 13.2 Å². The van der Waals surface area contributed by atoms with E-state index in [-0.39, 0.29) is 22.4 Å². The SMILES string of the molecule is NCCC1(CN2C(=O)c3ccccc3S2(=O)=O)CC1. The van der Waals surface area contributed by atoms with Gasteiger partial charge in [-0.2, -0.15) is 0 Å². The highest BCUT2D eigenvalue weighted by atomic mass is 32.2. The third-order valence-corrected chi connectivity index (χ3v) is 5.81. The van der Waals surface area contributed by atoms with Crippen molar-refractivity contribution >= 4 is 15.9 Å². The average Bonchev–Trinajstić information content (AvgIpc) is 3.12. The van der Waals surface area contributed by atoms with E-state index >= 15 is 0 Å². The van der Waals surface area contributed by atoms with Crippen LogP contribution in [0.3, 0.4) is 0 Å². The summed E-state index contributed by atoms with van der Waals surface area (Å²) >= 11 is 0. The van der Waals surface area contributed by atoms with Gasteiger partial charge in [0.25, 0.3) is 15.9 Å². The van der Waals surface area contributed by atoms with Gasteiger partial charge in [0.2, 0.25) is 0 Å². The predicted octanol–water partition coefficient (Wildman–Crippen LogP) is 0.960. The second-order valence-electron chi connectivity index (χ2n) is 5.35. The number of hydrogen-bond acceptors (Lipinski definition) is 4. The Kier molecular flexibility index (Phi) is 2.69. The van der Waals surface area contributed by atoms with Crippen LogP contribution in [0.5, 0.6) is 0 Å². The summed E-state index contributed by atoms with van der Waals surface area (Å²) in [6, 6.07) is 6.38. The minimum atomic E-state index is -3.66. The van der Waals surface area contributed by atoms with Crippen molar-refractivity contribution in [3.05, 3.63) is 29.8 Å². The first-order chi connectivity index (χ1) is 9.00. The minimum Gasteiger partial charge on any atom is -0.330 e. The van der Waals surface area contributed by atoms with Gasteiger partial charge in [-0.1, -0.05) is 12.1 Å². The van der Waals surface area contributed by atoms with E-state index in [4.69, 9.17) is 5.73 Å². The number of carbonyl (C=O) groups excluding carboxylic acids is 1. The molecule has 1 saturated carbocycles. The summed E-state index contributed by atoms with van der Waals surface area (Å²) in [5, 5.41) is 0. The summed E-state index contributed by atoms with van der Waals surface area (Å²) in [4.78, 5) is 12.4. The predicted molar refractivity (Wildman–Crippen MR) is 70.0 cm³/mol. The molecule has 0 bridgehead atoms. The molecule has 2 N–H and O–H groups in total. The zero-order valence-corrected chi connectivity index (χ0v) is 11.3. The summed E-state index contributed by atoms with van der Waals surface area (Å²) in [5.74, 6) is -0.404. The molecule has 102 valence electrons. The molecule has 0 unspecified atom stereocenters. The normalized spacial score (nSPS) is 22.4. The van der Waals surface area contributed by atoms with Crippen molar-refractivity contribution in [1.29, 1.82) is 0 Å². The number of nitrogens with two attached hydrogens (primary N) is 1. The van der Waals surface area contributed by atoms with Crippen molar-refractivity contribution in [2.45, 2.75) is 24.2 Å². The van der Waals surface area contributed by atoms with E-state index in [1.165, 1.54) is 6.07 Å². The Morgan fingerprint density at radius 3 is 2.53 bits per heavy atom. The van der Waals surface area contributed by atoms with Gasteiger partial charge in [0.1, 0.15) is 4.90 Å². The molecule has 1 heterocycles. The Balaban J connectivity index is 1.95. The van der Waals surface area contributed by atoms with Gasteiger partial charge in [-0.15, -0.1) is 0 Å². The number of carbonyl (C=O) groups is 1. The number of nitrogens with zero attached hydrogens (tertiary/aromatic N) is 1. The van der Waals surface area contributed by atoms with Gasteiger partial charge in [-0.25, -0.2) is 12.7 Å². The molecule has 6 heteroatoms. The second kappa shape index (κ2) is 4.05. The van der Waals surface area contributed by atoms with Crippen LogP contribution in [0.1, 0.15) is 29.6 Å². The van der Waals surface area contributed by atoms with Crippen LogP contribution < -0.4 is 5.73 Å². The van der Waals surface area contributed by atoms with Crippen molar-refractivity contribution in [2.75, 3.05) is 13.1 Å². The van der Waals surface area contributed by atoms with Crippen LogP contribution in [-0.2, 0) is 10.0 Å². The smallest absolute Gasteiger partial charge is 0.269 e. The first kappa shape index (κ1) is 12.6. The third kappa shape index (κ3) is 1.86. The van der Waals surface area contributed by atoms with E-state index in [0.29, 0.717) is 6.54 Å². The Hall–Kier alpha value is -1.40. The van der Waals surface area contributed by atoms with E-state index in [1.807, 2.05) is 0 Å². The number of fused-ring (bicyclic) bond motifs is 1. The molecular formula is C13H16N2O3S. The highest BCUT2D eigenvalue weighted by molar-refractivity contribution is 7.90. The first-order valence-corrected chi connectivity index (χ1v) is 7.80. The molecule has 5 nitrogen and oxygen atoms in total. The monoisotopic (exact) mass is 280 g/mol. The number of hydrogen-bond donors (Lipinski definition) is 1. The van der Waals surface area contributed by atoms with Crippen molar-refractivity contribution in [2.24, 2.45) is 11.1 Å². The molecule has 3 rings (SSSR count). The van der Waals surface area contributed by atoms with E-state index < -0.39 is 15.9 Å². The molecule has 0 spiro atoms. The van der Waals surface area contributed by atoms with Gasteiger partial charge >= 0.3 is 0 Å². The standard InChI is InChI=1S/C13H16N2O3S/c14-8-7-13(5-6-13)9-15-12(16)10-3-1-2-4-11(10)19(15,17)18/h1-4H,5-9,14H2. The van der Waals surface area contributed by atoms with Gasteiger partial charge in [0, 0.05) is 6.54 Å². The Morgan fingerprint density at radius 1 is 1.26 bits per heavy atom. The molecule has 1 aromatic carbocycles. The van der Waals surface area contributed by atoms with Gasteiger partial charge in [-0.05, 0) is 43.4 Å². The van der Waals surface area contributed by atoms with Gasteiger partial charge in [-0.3, -0.25) is 4.79 Å². The van der Waals surface area contributed by atoms with Crippen LogP contribution in [-0.4, -0.2) is 31.7 Å². The van der Waals surface area contributed by atoms with E-state index in [1.54, 1.807) is 18.2 Å². The van der Waals surface area contributed by atoms with Gasteiger partial charge < -0.3 is 5.73 Å². The van der Waals surface area contributed by atoms with Crippen LogP contribution in [0.4, 0.5) is 0 Å². The lowest BCUT2D eigenvalue weighted by Gasteiger charge is -2.21. The molecule has 0 atom stereocenters. The molecule has 0 saturated heterocycles. The van der Waals surface area contributed by atoms with Crippen molar-refractivity contribution in [1.82, 2.24) is 4.31 Å². The fraction of sp³-hybridized carbons (Fsp3) is 0.462. The lowest BCUT2D eigenvalue weighted by molar-refractivity contribution is 0.0850. The molecule has 1 amide bonds. The van der Waals surface area contributed by atoms with E-state index in [0.717, 1.165) is 23.6 Å². The maximum absolute atomic E-state index is 12.4. The van der Waals surface area contributed by atoms with Crippen LogP contribution >= 0.6 is 0 Å². The average molecular weight is 280 g/mol. The second-order valence-corrected chi connectivity index (χ2v) is 7.18. The maximum atomic E-state index is 12.4. The largest absolute Gasteiger partial charge is 0.330 e. The summed E-state index contributed by atoms with van der Waals surface area (Å²) in [7, 11) is -3.66. The first-order valence-electron chi connectivity index (χ1n) is 6.36. The molecular weight excluding hydrogens is 264 g/mol. The molecule has 1 aliphatic carbocycles. The molecule has 19 heavy (non-hydrogen) atoms. The Morgan fingerprint density at radius 2 is 1.95 bits per heavy atom. The third-order valence-electron chi connectivity index (χ3n) is 4.02. The fourth-order valence-corrected chi connectivity index (χ4v) is 4.34. The van der Waals surface area contributed by atoms with Gasteiger partial charge in [0.15, 0.2) is 0 Å². The molecule has 2 aliphatic rings. The van der Waals surface area contributed by atoms with Crippen molar-refractivity contribution in [3.8, 4) is 0 Å². The molecule has 1 fully saturated rings. The molecule has 1 aromatic rings.